The molecule has 1 rings (SSSR count). The van der Waals surface area contributed by atoms with Crippen LogP contribution in [0, 0.1) is 19.8 Å². The minimum absolute atomic E-state index is 0.0892. The minimum Gasteiger partial charge on any atom is -0.466 e. The number of hydrogen-bond donors (Lipinski definition) is 1. The Morgan fingerprint density at radius 2 is 2.26 bits per heavy atom. The lowest BCUT2D eigenvalue weighted by Gasteiger charge is -2.11. The SMILES string of the molecule is CCOC(=O)C(C)CNCCCn1nc(C)cc1C. The van der Waals surface area contributed by atoms with Gasteiger partial charge >= 0.3 is 5.97 Å². The van der Waals surface area contributed by atoms with E-state index in [4.69, 9.17) is 4.74 Å². The fourth-order valence-corrected chi connectivity index (χ4v) is 1.94. The highest BCUT2D eigenvalue weighted by Crippen LogP contribution is 2.02. The van der Waals surface area contributed by atoms with Crippen molar-refractivity contribution in [3.05, 3.63) is 17.5 Å². The van der Waals surface area contributed by atoms with Crippen molar-refractivity contribution in [2.75, 3.05) is 19.7 Å². The van der Waals surface area contributed by atoms with Crippen molar-refractivity contribution in [3.63, 3.8) is 0 Å². The zero-order valence-electron chi connectivity index (χ0n) is 12.4. The fourth-order valence-electron chi connectivity index (χ4n) is 1.94. The number of carbonyl (C=O) groups excluding carboxylic acids is 1. The molecular weight excluding hydrogens is 242 g/mol. The molecule has 0 radical (unpaired) electrons. The summed E-state index contributed by atoms with van der Waals surface area (Å²) in [7, 11) is 0. The molecule has 5 heteroatoms. The third-order valence-electron chi connectivity index (χ3n) is 2.97. The average molecular weight is 267 g/mol. The number of carbonyl (C=O) groups is 1. The molecule has 1 unspecified atom stereocenters. The van der Waals surface area contributed by atoms with E-state index in [1.165, 1.54) is 5.69 Å². The molecule has 0 bridgehead atoms. The van der Waals surface area contributed by atoms with E-state index in [1.54, 1.807) is 0 Å². The second kappa shape index (κ2) is 7.94. The van der Waals surface area contributed by atoms with Crippen LogP contribution >= 0.6 is 0 Å². The Morgan fingerprint density at radius 1 is 1.53 bits per heavy atom. The maximum atomic E-state index is 11.4. The van der Waals surface area contributed by atoms with Gasteiger partial charge in [0, 0.05) is 18.8 Å². The normalized spacial score (nSPS) is 12.4. The molecule has 1 atom stereocenters. The number of hydrogen-bond acceptors (Lipinski definition) is 4. The van der Waals surface area contributed by atoms with Crippen LogP contribution in [-0.2, 0) is 16.1 Å². The van der Waals surface area contributed by atoms with Gasteiger partial charge in [-0.25, -0.2) is 0 Å². The van der Waals surface area contributed by atoms with E-state index in [9.17, 15) is 4.79 Å². The first kappa shape index (κ1) is 15.7. The molecule has 0 spiro atoms. The van der Waals surface area contributed by atoms with Gasteiger partial charge in [0.1, 0.15) is 0 Å². The van der Waals surface area contributed by atoms with Crippen LogP contribution in [0.2, 0.25) is 0 Å². The Kier molecular flexibility index (Phi) is 6.56. The number of nitrogens with one attached hydrogen (secondary N) is 1. The average Bonchev–Trinajstić information content (AvgIpc) is 2.67. The first-order valence-corrected chi connectivity index (χ1v) is 6.93. The van der Waals surface area contributed by atoms with Gasteiger partial charge in [-0.3, -0.25) is 9.48 Å². The Balaban J connectivity index is 2.14. The highest BCUT2D eigenvalue weighted by atomic mass is 16.5. The van der Waals surface area contributed by atoms with Crippen LogP contribution < -0.4 is 5.32 Å². The van der Waals surface area contributed by atoms with E-state index < -0.39 is 0 Å². The lowest BCUT2D eigenvalue weighted by Crippen LogP contribution is -2.29. The Morgan fingerprint density at radius 3 is 2.84 bits per heavy atom. The van der Waals surface area contributed by atoms with Crippen LogP contribution in [0.5, 0.6) is 0 Å². The van der Waals surface area contributed by atoms with E-state index in [-0.39, 0.29) is 11.9 Å². The first-order chi connectivity index (χ1) is 9.04. The van der Waals surface area contributed by atoms with Crippen molar-refractivity contribution in [1.82, 2.24) is 15.1 Å². The quantitative estimate of drug-likeness (QED) is 0.575. The molecule has 0 saturated carbocycles. The Hall–Kier alpha value is -1.36. The summed E-state index contributed by atoms with van der Waals surface area (Å²) >= 11 is 0. The van der Waals surface area contributed by atoms with E-state index in [0.29, 0.717) is 13.2 Å². The van der Waals surface area contributed by atoms with Crippen molar-refractivity contribution in [1.29, 1.82) is 0 Å². The van der Waals surface area contributed by atoms with Gasteiger partial charge in [0.2, 0.25) is 0 Å². The summed E-state index contributed by atoms with van der Waals surface area (Å²) in [5, 5.41) is 7.69. The fraction of sp³-hybridized carbons (Fsp3) is 0.714. The third-order valence-corrected chi connectivity index (χ3v) is 2.97. The van der Waals surface area contributed by atoms with Gasteiger partial charge in [0.15, 0.2) is 0 Å². The molecule has 0 aromatic carbocycles. The molecule has 108 valence electrons. The van der Waals surface area contributed by atoms with E-state index in [2.05, 4.69) is 23.4 Å². The highest BCUT2D eigenvalue weighted by Gasteiger charge is 2.12. The van der Waals surface area contributed by atoms with Crippen molar-refractivity contribution < 1.29 is 9.53 Å². The number of ether oxygens (including phenoxy) is 1. The zero-order valence-corrected chi connectivity index (χ0v) is 12.4. The molecule has 0 aliphatic rings. The second-order valence-electron chi connectivity index (χ2n) is 4.86. The molecule has 1 aromatic heterocycles. The summed E-state index contributed by atoms with van der Waals surface area (Å²) in [4.78, 5) is 11.4. The molecule has 0 saturated heterocycles. The highest BCUT2D eigenvalue weighted by molar-refractivity contribution is 5.72. The lowest BCUT2D eigenvalue weighted by molar-refractivity contribution is -0.147. The van der Waals surface area contributed by atoms with Crippen LogP contribution in [0.15, 0.2) is 6.07 Å². The molecular formula is C14H25N3O2. The maximum Gasteiger partial charge on any atom is 0.309 e. The van der Waals surface area contributed by atoms with E-state index >= 15 is 0 Å². The van der Waals surface area contributed by atoms with Gasteiger partial charge in [-0.05, 0) is 39.8 Å². The topological polar surface area (TPSA) is 56.1 Å². The summed E-state index contributed by atoms with van der Waals surface area (Å²) in [6.45, 7) is 10.7. The monoisotopic (exact) mass is 267 g/mol. The molecule has 0 aliphatic carbocycles. The van der Waals surface area contributed by atoms with E-state index in [0.717, 1.165) is 25.2 Å². The second-order valence-corrected chi connectivity index (χ2v) is 4.86. The smallest absolute Gasteiger partial charge is 0.309 e. The Labute approximate surface area is 115 Å². The summed E-state index contributed by atoms with van der Waals surface area (Å²) in [5.74, 6) is -0.220. The first-order valence-electron chi connectivity index (χ1n) is 6.93. The molecule has 19 heavy (non-hydrogen) atoms. The number of esters is 1. The third kappa shape index (κ3) is 5.42. The predicted molar refractivity (Wildman–Crippen MR) is 75.0 cm³/mol. The van der Waals surface area contributed by atoms with Gasteiger partial charge < -0.3 is 10.1 Å². The maximum absolute atomic E-state index is 11.4. The number of rotatable bonds is 8. The van der Waals surface area contributed by atoms with Crippen molar-refractivity contribution >= 4 is 5.97 Å². The lowest BCUT2D eigenvalue weighted by atomic mass is 10.2. The van der Waals surface area contributed by atoms with Gasteiger partial charge in [-0.1, -0.05) is 6.92 Å². The molecule has 0 aliphatic heterocycles. The molecule has 0 fully saturated rings. The number of nitrogens with zero attached hydrogens (tertiary/aromatic N) is 2. The van der Waals surface area contributed by atoms with Crippen molar-refractivity contribution in [2.24, 2.45) is 5.92 Å². The van der Waals surface area contributed by atoms with E-state index in [1.807, 2.05) is 25.5 Å². The van der Waals surface area contributed by atoms with Crippen molar-refractivity contribution in [2.45, 2.75) is 40.7 Å². The molecule has 1 heterocycles. The Bertz CT molecular complexity index is 401. The number of aryl methyl sites for hydroxylation is 3. The standard InChI is InChI=1S/C14H25N3O2/c1-5-19-14(18)11(2)10-15-7-6-8-17-13(4)9-12(3)16-17/h9,11,15H,5-8,10H2,1-4H3. The van der Waals surface area contributed by atoms with Crippen LogP contribution in [0.1, 0.15) is 31.7 Å². The van der Waals surface area contributed by atoms with Gasteiger partial charge in [0.25, 0.3) is 0 Å². The molecule has 1 N–H and O–H groups in total. The summed E-state index contributed by atoms with van der Waals surface area (Å²) in [6, 6.07) is 2.08. The zero-order chi connectivity index (χ0) is 14.3. The molecule has 0 amide bonds. The minimum atomic E-state index is -0.131. The van der Waals surface area contributed by atoms with Crippen LogP contribution in [0.3, 0.4) is 0 Å². The van der Waals surface area contributed by atoms with Gasteiger partial charge in [-0.2, -0.15) is 5.10 Å². The van der Waals surface area contributed by atoms with Gasteiger partial charge in [-0.15, -0.1) is 0 Å². The predicted octanol–water partition coefficient (Wildman–Crippen LogP) is 1.68. The molecule has 1 aromatic rings. The summed E-state index contributed by atoms with van der Waals surface area (Å²) < 4.78 is 6.98. The summed E-state index contributed by atoms with van der Waals surface area (Å²) in [5.41, 5.74) is 2.25. The van der Waals surface area contributed by atoms with Crippen LogP contribution in [0.4, 0.5) is 0 Å². The largest absolute Gasteiger partial charge is 0.466 e. The molecule has 5 nitrogen and oxygen atoms in total. The van der Waals surface area contributed by atoms with Crippen molar-refractivity contribution in [3.8, 4) is 0 Å². The number of aromatic nitrogens is 2. The summed E-state index contributed by atoms with van der Waals surface area (Å²) in [6.07, 6.45) is 0.998. The van der Waals surface area contributed by atoms with Gasteiger partial charge in [0.05, 0.1) is 18.2 Å². The van der Waals surface area contributed by atoms with Crippen LogP contribution in [-0.4, -0.2) is 35.4 Å². The van der Waals surface area contributed by atoms with Crippen LogP contribution in [0.25, 0.3) is 0 Å².